The van der Waals surface area contributed by atoms with Crippen LogP contribution in [0.4, 0.5) is 0 Å². The van der Waals surface area contributed by atoms with Crippen LogP contribution in [-0.2, 0) is 13.0 Å². The third-order valence-corrected chi connectivity index (χ3v) is 5.62. The second kappa shape index (κ2) is 5.55. The standard InChI is InChI=1S/C18H23ClN2O/c1-12-5-6-16-15(9-12)14-3-2-4-17-18(14)21(16)8-7-20(17)11-13(22)10-19/h5-6,9,13,17,22H,2-4,7-8,10-11H2,1H3/t13-,17-/m1/s1. The molecule has 0 saturated heterocycles. The molecule has 0 bridgehead atoms. The monoisotopic (exact) mass is 318 g/mol. The quantitative estimate of drug-likeness (QED) is 0.880. The lowest BCUT2D eigenvalue weighted by molar-refractivity contribution is 0.0746. The topological polar surface area (TPSA) is 28.4 Å². The van der Waals surface area contributed by atoms with Gasteiger partial charge in [0.1, 0.15) is 0 Å². The van der Waals surface area contributed by atoms with Crippen molar-refractivity contribution in [3.05, 3.63) is 35.0 Å². The zero-order valence-electron chi connectivity index (χ0n) is 13.1. The summed E-state index contributed by atoms with van der Waals surface area (Å²) in [6, 6.07) is 7.29. The Labute approximate surface area is 136 Å². The molecule has 0 amide bonds. The average molecular weight is 319 g/mol. The van der Waals surface area contributed by atoms with E-state index in [2.05, 4.69) is 34.6 Å². The molecule has 0 unspecified atom stereocenters. The van der Waals surface area contributed by atoms with Crippen LogP contribution in [0.3, 0.4) is 0 Å². The molecule has 2 aliphatic rings. The van der Waals surface area contributed by atoms with E-state index in [1.165, 1.54) is 41.4 Å². The normalized spacial score (nSPS) is 22.8. The maximum Gasteiger partial charge on any atom is 0.0802 e. The van der Waals surface area contributed by atoms with Gasteiger partial charge in [-0.1, -0.05) is 11.6 Å². The summed E-state index contributed by atoms with van der Waals surface area (Å²) in [4.78, 5) is 2.44. The van der Waals surface area contributed by atoms with Gasteiger partial charge in [-0.25, -0.2) is 0 Å². The van der Waals surface area contributed by atoms with Crippen LogP contribution >= 0.6 is 11.6 Å². The van der Waals surface area contributed by atoms with E-state index in [-0.39, 0.29) is 0 Å². The molecule has 0 spiro atoms. The highest BCUT2D eigenvalue weighted by atomic mass is 35.5. The molecule has 2 aromatic rings. The first-order valence-electron chi connectivity index (χ1n) is 8.28. The number of aliphatic hydroxyl groups is 1. The van der Waals surface area contributed by atoms with E-state index < -0.39 is 6.10 Å². The minimum absolute atomic E-state index is 0.318. The van der Waals surface area contributed by atoms with E-state index in [1.807, 2.05) is 0 Å². The molecule has 2 atom stereocenters. The summed E-state index contributed by atoms with van der Waals surface area (Å²) in [7, 11) is 0. The molecule has 4 rings (SSSR count). The number of aryl methyl sites for hydroxylation is 2. The summed E-state index contributed by atoms with van der Waals surface area (Å²) in [6.45, 7) is 4.88. The lowest BCUT2D eigenvalue weighted by atomic mass is 9.89. The summed E-state index contributed by atoms with van der Waals surface area (Å²) >= 11 is 5.81. The van der Waals surface area contributed by atoms with Crippen LogP contribution in [0.15, 0.2) is 18.2 Å². The molecular weight excluding hydrogens is 296 g/mol. The summed E-state index contributed by atoms with van der Waals surface area (Å²) in [5.74, 6) is 0.318. The first-order valence-corrected chi connectivity index (χ1v) is 8.82. The number of aliphatic hydroxyl groups excluding tert-OH is 1. The first kappa shape index (κ1) is 14.6. The number of β-amino-alcohol motifs (C(OH)–C–C–N with tert-alkyl or cyclic N) is 1. The van der Waals surface area contributed by atoms with Crippen molar-refractivity contribution < 1.29 is 5.11 Å². The number of rotatable bonds is 3. The van der Waals surface area contributed by atoms with Crippen molar-refractivity contribution in [1.82, 2.24) is 9.47 Å². The molecule has 22 heavy (non-hydrogen) atoms. The minimum Gasteiger partial charge on any atom is -0.391 e. The predicted octanol–water partition coefficient (Wildman–Crippen LogP) is 3.24. The minimum atomic E-state index is -0.426. The molecular formula is C18H23ClN2O. The number of aromatic nitrogens is 1. The lowest BCUT2D eigenvalue weighted by Gasteiger charge is -2.40. The second-order valence-electron chi connectivity index (χ2n) is 6.75. The molecule has 2 heterocycles. The lowest BCUT2D eigenvalue weighted by Crippen LogP contribution is -2.43. The van der Waals surface area contributed by atoms with Gasteiger partial charge in [0.15, 0.2) is 0 Å². The predicted molar refractivity (Wildman–Crippen MR) is 90.7 cm³/mol. The average Bonchev–Trinajstić information content (AvgIpc) is 2.85. The van der Waals surface area contributed by atoms with Gasteiger partial charge in [0.25, 0.3) is 0 Å². The van der Waals surface area contributed by atoms with Crippen molar-refractivity contribution in [2.45, 2.75) is 44.9 Å². The van der Waals surface area contributed by atoms with Crippen LogP contribution in [-0.4, -0.2) is 39.6 Å². The van der Waals surface area contributed by atoms with Crippen molar-refractivity contribution in [3.63, 3.8) is 0 Å². The van der Waals surface area contributed by atoms with Crippen LogP contribution in [0, 0.1) is 6.92 Å². The molecule has 1 aromatic carbocycles. The molecule has 4 heteroatoms. The van der Waals surface area contributed by atoms with E-state index in [0.717, 1.165) is 13.1 Å². The molecule has 0 radical (unpaired) electrons. The summed E-state index contributed by atoms with van der Waals surface area (Å²) in [5.41, 5.74) is 5.77. The van der Waals surface area contributed by atoms with Gasteiger partial charge in [-0.3, -0.25) is 4.90 Å². The van der Waals surface area contributed by atoms with E-state index in [1.54, 1.807) is 5.56 Å². The van der Waals surface area contributed by atoms with Gasteiger partial charge in [0.05, 0.1) is 12.1 Å². The highest BCUT2D eigenvalue weighted by molar-refractivity contribution is 6.18. The van der Waals surface area contributed by atoms with Crippen LogP contribution < -0.4 is 0 Å². The Hall–Kier alpha value is -1.03. The van der Waals surface area contributed by atoms with Crippen LogP contribution in [0.2, 0.25) is 0 Å². The van der Waals surface area contributed by atoms with Gasteiger partial charge in [0.2, 0.25) is 0 Å². The number of alkyl halides is 1. The Balaban J connectivity index is 1.81. The van der Waals surface area contributed by atoms with Crippen molar-refractivity contribution >= 4 is 22.5 Å². The second-order valence-corrected chi connectivity index (χ2v) is 7.06. The van der Waals surface area contributed by atoms with Crippen molar-refractivity contribution in [3.8, 4) is 0 Å². The van der Waals surface area contributed by atoms with Gasteiger partial charge in [0, 0.05) is 42.1 Å². The van der Waals surface area contributed by atoms with Crippen LogP contribution in [0.1, 0.15) is 35.7 Å². The Morgan fingerprint density at radius 1 is 1.36 bits per heavy atom. The van der Waals surface area contributed by atoms with E-state index >= 15 is 0 Å². The Morgan fingerprint density at radius 2 is 2.23 bits per heavy atom. The van der Waals surface area contributed by atoms with Gasteiger partial charge >= 0.3 is 0 Å². The number of hydrogen-bond donors (Lipinski definition) is 1. The fourth-order valence-corrected chi connectivity index (χ4v) is 4.43. The highest BCUT2D eigenvalue weighted by Crippen LogP contribution is 2.42. The molecule has 3 nitrogen and oxygen atoms in total. The highest BCUT2D eigenvalue weighted by Gasteiger charge is 2.35. The molecule has 1 N–H and O–H groups in total. The molecule has 0 saturated carbocycles. The zero-order chi connectivity index (χ0) is 15.3. The van der Waals surface area contributed by atoms with E-state index in [0.29, 0.717) is 18.5 Å². The number of hydrogen-bond acceptors (Lipinski definition) is 2. The third kappa shape index (κ3) is 2.18. The number of benzene rings is 1. The van der Waals surface area contributed by atoms with E-state index in [4.69, 9.17) is 11.6 Å². The molecule has 1 aliphatic carbocycles. The first-order chi connectivity index (χ1) is 10.7. The fourth-order valence-electron chi connectivity index (χ4n) is 4.33. The van der Waals surface area contributed by atoms with Gasteiger partial charge in [-0.2, -0.15) is 0 Å². The fraction of sp³-hybridized carbons (Fsp3) is 0.556. The van der Waals surface area contributed by atoms with Crippen LogP contribution in [0.25, 0.3) is 10.9 Å². The summed E-state index contributed by atoms with van der Waals surface area (Å²) < 4.78 is 2.53. The Morgan fingerprint density at radius 3 is 3.05 bits per heavy atom. The van der Waals surface area contributed by atoms with E-state index in [9.17, 15) is 5.11 Å². The third-order valence-electron chi connectivity index (χ3n) is 5.26. The Kier molecular flexibility index (Phi) is 3.67. The van der Waals surface area contributed by atoms with Gasteiger partial charge in [-0.05, 0) is 43.9 Å². The van der Waals surface area contributed by atoms with Gasteiger partial charge in [-0.15, -0.1) is 11.6 Å². The molecule has 1 aromatic heterocycles. The van der Waals surface area contributed by atoms with Crippen LogP contribution in [0.5, 0.6) is 0 Å². The SMILES string of the molecule is Cc1ccc2c(c1)c1c3n2CCN(C[C@H](O)CCl)[C@@H]3CCC1. The van der Waals surface area contributed by atoms with Crippen molar-refractivity contribution in [2.75, 3.05) is 19.0 Å². The smallest absolute Gasteiger partial charge is 0.0802 e. The number of fused-ring (bicyclic) bond motifs is 3. The molecule has 1 aliphatic heterocycles. The van der Waals surface area contributed by atoms with Gasteiger partial charge < -0.3 is 9.67 Å². The molecule has 0 fully saturated rings. The summed E-state index contributed by atoms with van der Waals surface area (Å²) in [5, 5.41) is 11.4. The molecule has 118 valence electrons. The summed E-state index contributed by atoms with van der Waals surface area (Å²) in [6.07, 6.45) is 3.19. The maximum absolute atomic E-state index is 9.95. The number of nitrogens with zero attached hydrogens (tertiary/aromatic N) is 2. The zero-order valence-corrected chi connectivity index (χ0v) is 13.8. The maximum atomic E-state index is 9.95. The van der Waals surface area contributed by atoms with Crippen molar-refractivity contribution in [2.24, 2.45) is 0 Å². The van der Waals surface area contributed by atoms with Crippen molar-refractivity contribution in [1.29, 1.82) is 0 Å². The Bertz CT molecular complexity index is 709. The largest absolute Gasteiger partial charge is 0.391 e. The number of halogens is 1.